The summed E-state index contributed by atoms with van der Waals surface area (Å²) in [6.45, 7) is 12.4. The van der Waals surface area contributed by atoms with Gasteiger partial charge in [-0.1, -0.05) is 53.0 Å². The Morgan fingerprint density at radius 3 is 1.59 bits per heavy atom. The van der Waals surface area contributed by atoms with E-state index < -0.39 is 17.5 Å². The van der Waals surface area contributed by atoms with Gasteiger partial charge in [0.15, 0.2) is 17.5 Å². The molecule has 0 unspecified atom stereocenters. The Morgan fingerprint density at radius 1 is 0.595 bits per heavy atom. The molecular formula is C55H57Cl3F3N14NaO3. The predicted octanol–water partition coefficient (Wildman–Crippen LogP) is 9.27. The molecule has 0 radical (unpaired) electrons. The predicted molar refractivity (Wildman–Crippen MR) is 300 cm³/mol. The first-order valence-electron chi connectivity index (χ1n) is 24.3. The smallest absolute Gasteiger partial charge is 1.00 e. The van der Waals surface area contributed by atoms with Gasteiger partial charge >= 0.3 is 29.6 Å². The number of halogens is 6. The molecule has 9 aromatic heterocycles. The number of fused-ring (bicyclic) bond motifs is 2. The van der Waals surface area contributed by atoms with Crippen molar-refractivity contribution in [2.24, 2.45) is 5.73 Å². The van der Waals surface area contributed by atoms with E-state index in [9.17, 15) is 13.2 Å². The van der Waals surface area contributed by atoms with Crippen LogP contribution in [0.1, 0.15) is 54.1 Å². The second kappa shape index (κ2) is 31.6. The molecule has 0 spiro atoms. The zero-order valence-corrected chi connectivity index (χ0v) is 48.5. The van der Waals surface area contributed by atoms with Crippen LogP contribution in [-0.2, 0) is 12.8 Å². The third-order valence-electron chi connectivity index (χ3n) is 9.94. The first-order chi connectivity index (χ1) is 37.4. The van der Waals surface area contributed by atoms with Gasteiger partial charge in [0.05, 0.1) is 41.8 Å². The number of H-pyrrole nitrogens is 2. The molecule has 17 nitrogen and oxygen atoms in total. The molecule has 10 aromatic rings. The zero-order chi connectivity index (χ0) is 56.1. The maximum absolute atomic E-state index is 13.6. The van der Waals surface area contributed by atoms with Crippen LogP contribution in [0.5, 0.6) is 11.8 Å². The largest absolute Gasteiger partial charge is 1.00 e. The molecule has 6 N–H and O–H groups in total. The number of ether oxygens (including phenoxy) is 2. The van der Waals surface area contributed by atoms with Crippen molar-refractivity contribution in [3.63, 3.8) is 0 Å². The van der Waals surface area contributed by atoms with Crippen LogP contribution < -0.4 is 50.1 Å². The standard InChI is InChI=1S/C21H21FN6O.C12H11ClFN3O.C10H12N2.C9H4Cl2FN3.C3H8O.Na.H/c1-13(2)29-19-9-18(27-21(28-19)15-8-16(22)12-23-10-15)24-7-5-14-11-26-17-4-3-6-25-20(14)17;1-7(2)18-11-4-10(13)16-12(17-11)8-3-9(14)6-15-5-8;11-6-5-8-7-12-10-4-2-1-3-9(8)10;10-7-2-8(11)15-9(14-7)5-1-6(12)4-13-3-5;1-3(2)4;;/h3-4,6,8-13,26H,5,7H2,1-2H3,(H,24,27,28);3-7H,1-2H3;1-4,7,12H,5-6,11H2;1-4H;3-4H,1-2H3;;/q;;;;;+1;-1. The van der Waals surface area contributed by atoms with Crippen LogP contribution in [0.25, 0.3) is 56.1 Å². The molecule has 0 aliphatic carbocycles. The Bertz CT molecular complexity index is 3490. The summed E-state index contributed by atoms with van der Waals surface area (Å²) >= 11 is 17.3. The number of hydrogen-bond donors (Lipinski definition) is 5. The van der Waals surface area contributed by atoms with Crippen molar-refractivity contribution >= 4 is 62.6 Å². The van der Waals surface area contributed by atoms with Crippen LogP contribution in [0.15, 0.2) is 129 Å². The fourth-order valence-electron chi connectivity index (χ4n) is 6.92. The normalized spacial score (nSPS) is 10.6. The maximum Gasteiger partial charge on any atom is 1.00 e. The van der Waals surface area contributed by atoms with Gasteiger partial charge in [0.2, 0.25) is 11.8 Å². The number of hydrogen-bond acceptors (Lipinski definition) is 15. The summed E-state index contributed by atoms with van der Waals surface area (Å²) in [4.78, 5) is 47.1. The summed E-state index contributed by atoms with van der Waals surface area (Å²) in [5.41, 5.74) is 12.5. The number of nitrogens with two attached hydrogens (primary N) is 1. The molecule has 0 saturated carbocycles. The minimum atomic E-state index is -0.466. The van der Waals surface area contributed by atoms with Crippen LogP contribution in [0, 0.1) is 17.5 Å². The topological polar surface area (TPSA) is 237 Å². The van der Waals surface area contributed by atoms with E-state index in [1.165, 1.54) is 65.4 Å². The SMILES string of the molecule is CC(C)O.CC(C)Oc1cc(Cl)nc(-c2cncc(F)c2)n1.CC(C)Oc1cc(NCCc2c[nH]c3cccnc23)nc(-c2cncc(F)c2)n1.Fc1cncc(-c2nc(Cl)cc(Cl)n2)c1.NCCc1c[nH]c2ccccc12.[H-].[Na+]. The number of pyridine rings is 4. The molecule has 0 bridgehead atoms. The van der Waals surface area contributed by atoms with Gasteiger partial charge < -0.3 is 37.0 Å². The van der Waals surface area contributed by atoms with Crippen molar-refractivity contribution in [2.75, 3.05) is 18.4 Å². The summed E-state index contributed by atoms with van der Waals surface area (Å²) in [5.74, 6) is 0.894. The van der Waals surface area contributed by atoms with Gasteiger partial charge in [0.1, 0.15) is 38.7 Å². The van der Waals surface area contributed by atoms with E-state index in [0.29, 0.717) is 53.2 Å². The summed E-state index contributed by atoms with van der Waals surface area (Å²) in [6, 6.07) is 20.7. The first kappa shape index (κ1) is 63.0. The molecular weight excluding hydrogens is 1090 g/mol. The molecule has 79 heavy (non-hydrogen) atoms. The van der Waals surface area contributed by atoms with Gasteiger partial charge in [0, 0.05) is 95.6 Å². The van der Waals surface area contributed by atoms with Crippen molar-refractivity contribution in [2.45, 2.75) is 72.7 Å². The molecule has 0 aliphatic rings. The maximum atomic E-state index is 13.6. The van der Waals surface area contributed by atoms with Gasteiger partial charge in [-0.3, -0.25) is 19.9 Å². The van der Waals surface area contributed by atoms with E-state index in [1.807, 2.05) is 58.3 Å². The van der Waals surface area contributed by atoms with E-state index in [0.717, 1.165) is 48.0 Å². The van der Waals surface area contributed by atoms with Crippen molar-refractivity contribution in [3.05, 3.63) is 173 Å². The van der Waals surface area contributed by atoms with E-state index >= 15 is 0 Å². The van der Waals surface area contributed by atoms with Crippen LogP contribution in [0.4, 0.5) is 19.0 Å². The fourth-order valence-corrected chi connectivity index (χ4v) is 7.51. The zero-order valence-electron chi connectivity index (χ0n) is 45.3. The summed E-state index contributed by atoms with van der Waals surface area (Å²) in [6.07, 6.45) is 15.0. The Labute approximate surface area is 493 Å². The Hall–Kier alpha value is -6.88. The van der Waals surface area contributed by atoms with E-state index in [1.54, 1.807) is 26.1 Å². The third-order valence-corrected chi connectivity index (χ3v) is 10.5. The van der Waals surface area contributed by atoms with Gasteiger partial charge in [-0.2, -0.15) is 9.97 Å². The fraction of sp³-hybridized carbons (Fsp3) is 0.236. The number of nitrogens with one attached hydrogen (secondary N) is 3. The van der Waals surface area contributed by atoms with Crippen molar-refractivity contribution < 1.29 is 58.7 Å². The molecule has 24 heteroatoms. The molecule has 0 amide bonds. The molecule has 9 heterocycles. The quantitative estimate of drug-likeness (QED) is 0.0534. The Morgan fingerprint density at radius 2 is 1.06 bits per heavy atom. The second-order valence-electron chi connectivity index (χ2n) is 17.5. The molecule has 0 aliphatic heterocycles. The van der Waals surface area contributed by atoms with Gasteiger partial charge in [-0.25, -0.2) is 33.1 Å². The number of aliphatic hydroxyl groups is 1. The van der Waals surface area contributed by atoms with Crippen molar-refractivity contribution in [1.82, 2.24) is 59.8 Å². The Balaban J connectivity index is 0.000000234. The molecule has 0 saturated heterocycles. The van der Waals surface area contributed by atoms with Crippen LogP contribution >= 0.6 is 34.8 Å². The van der Waals surface area contributed by atoms with Gasteiger partial charge in [-0.05, 0) is 108 Å². The summed E-state index contributed by atoms with van der Waals surface area (Å²) in [7, 11) is 0. The number of aromatic nitrogens is 12. The molecule has 0 fully saturated rings. The average molecular weight is 1150 g/mol. The van der Waals surface area contributed by atoms with Crippen LogP contribution in [0.3, 0.4) is 0 Å². The average Bonchev–Trinajstić information content (AvgIpc) is 4.01. The van der Waals surface area contributed by atoms with E-state index in [4.69, 9.17) is 55.1 Å². The van der Waals surface area contributed by atoms with Crippen LogP contribution in [0.2, 0.25) is 15.5 Å². The summed E-state index contributed by atoms with van der Waals surface area (Å²) in [5, 5.41) is 13.3. The first-order valence-corrected chi connectivity index (χ1v) is 25.4. The number of para-hydroxylation sites is 1. The van der Waals surface area contributed by atoms with Crippen LogP contribution in [-0.4, -0.2) is 96.3 Å². The van der Waals surface area contributed by atoms with E-state index in [-0.39, 0.29) is 76.4 Å². The number of aliphatic hydroxyl groups excluding tert-OH is 1. The number of rotatable bonds is 13. The monoisotopic (exact) mass is 1150 g/mol. The minimum Gasteiger partial charge on any atom is -1.00 e. The van der Waals surface area contributed by atoms with Crippen molar-refractivity contribution in [1.29, 1.82) is 0 Å². The summed E-state index contributed by atoms with van der Waals surface area (Å²) < 4.78 is 50.7. The molecule has 0 atom stereocenters. The number of nitrogens with zero attached hydrogens (tertiary/aromatic N) is 10. The van der Waals surface area contributed by atoms with E-state index in [2.05, 4.69) is 83.3 Å². The number of anilines is 1. The van der Waals surface area contributed by atoms with Gasteiger partial charge in [-0.15, -0.1) is 0 Å². The minimum absolute atomic E-state index is 0. The third kappa shape index (κ3) is 20.7. The molecule has 408 valence electrons. The van der Waals surface area contributed by atoms with Gasteiger partial charge in [0.25, 0.3) is 0 Å². The number of benzene rings is 1. The van der Waals surface area contributed by atoms with Crippen molar-refractivity contribution in [3.8, 4) is 45.9 Å². The second-order valence-corrected chi connectivity index (χ2v) is 18.7. The molecule has 10 rings (SSSR count). The number of aromatic amines is 2. The molecule has 1 aromatic carbocycles. The Kier molecular flexibility index (Phi) is 25.2.